The van der Waals surface area contributed by atoms with Crippen LogP contribution in [0.25, 0.3) is 0 Å². The zero-order valence-corrected chi connectivity index (χ0v) is 8.73. The predicted octanol–water partition coefficient (Wildman–Crippen LogP) is 2.73. The molecule has 0 radical (unpaired) electrons. The van der Waals surface area contributed by atoms with Crippen molar-refractivity contribution >= 4 is 0 Å². The number of allylic oxidation sites excluding steroid dienone is 1. The van der Waals surface area contributed by atoms with Crippen LogP contribution >= 0.6 is 0 Å². The maximum absolute atomic E-state index is 4.17. The fraction of sp³-hybridized carbons (Fsp3) is 0.833. The molecule has 1 heterocycles. The van der Waals surface area contributed by atoms with Gasteiger partial charge >= 0.3 is 0 Å². The fourth-order valence-corrected chi connectivity index (χ4v) is 3.39. The lowest BCUT2D eigenvalue weighted by Gasteiger charge is -2.42. The first-order valence-electron chi connectivity index (χ1n) is 5.61. The van der Waals surface area contributed by atoms with E-state index in [1.807, 2.05) is 0 Å². The summed E-state index contributed by atoms with van der Waals surface area (Å²) in [4.78, 5) is 0. The van der Waals surface area contributed by atoms with E-state index in [2.05, 4.69) is 18.8 Å². The van der Waals surface area contributed by atoms with Crippen molar-refractivity contribution in [3.8, 4) is 0 Å². The van der Waals surface area contributed by atoms with Crippen LogP contribution in [0.5, 0.6) is 0 Å². The minimum atomic E-state index is 0.601. The molecule has 74 valence electrons. The lowest BCUT2D eigenvalue weighted by atomic mass is 9.67. The van der Waals surface area contributed by atoms with Gasteiger partial charge in [0.15, 0.2) is 0 Å². The molecule has 2 fully saturated rings. The third kappa shape index (κ3) is 1.54. The highest BCUT2D eigenvalue weighted by atomic mass is 14.9. The highest BCUT2D eigenvalue weighted by molar-refractivity contribution is 5.09. The minimum Gasteiger partial charge on any atom is -0.316 e. The Hall–Kier alpha value is -0.300. The highest BCUT2D eigenvalue weighted by Gasteiger charge is 2.42. The van der Waals surface area contributed by atoms with E-state index in [0.717, 1.165) is 5.92 Å². The summed E-state index contributed by atoms with van der Waals surface area (Å²) in [7, 11) is 0. The molecule has 1 N–H and O–H groups in total. The number of hydrogen-bond donors (Lipinski definition) is 1. The number of rotatable bonds is 1. The van der Waals surface area contributed by atoms with Gasteiger partial charge in [-0.05, 0) is 44.1 Å². The first-order valence-corrected chi connectivity index (χ1v) is 5.61. The van der Waals surface area contributed by atoms with Crippen molar-refractivity contribution in [2.75, 3.05) is 13.1 Å². The maximum atomic E-state index is 4.17. The fourth-order valence-electron chi connectivity index (χ4n) is 3.39. The van der Waals surface area contributed by atoms with E-state index >= 15 is 0 Å². The van der Waals surface area contributed by atoms with Gasteiger partial charge in [0, 0.05) is 6.54 Å². The Morgan fingerprint density at radius 2 is 2.08 bits per heavy atom. The van der Waals surface area contributed by atoms with Crippen LogP contribution in [-0.4, -0.2) is 13.1 Å². The van der Waals surface area contributed by atoms with Crippen molar-refractivity contribution in [2.45, 2.75) is 39.0 Å². The molecule has 13 heavy (non-hydrogen) atoms. The summed E-state index contributed by atoms with van der Waals surface area (Å²) in [6.45, 7) is 8.82. The van der Waals surface area contributed by atoms with Crippen LogP contribution in [0.1, 0.15) is 39.0 Å². The molecule has 1 spiro atoms. The van der Waals surface area contributed by atoms with Crippen LogP contribution in [-0.2, 0) is 0 Å². The summed E-state index contributed by atoms with van der Waals surface area (Å²) in [5, 5.41) is 3.56. The largest absolute Gasteiger partial charge is 0.316 e. The van der Waals surface area contributed by atoms with Crippen molar-refractivity contribution in [1.29, 1.82) is 0 Å². The summed E-state index contributed by atoms with van der Waals surface area (Å²) < 4.78 is 0. The lowest BCUT2D eigenvalue weighted by molar-refractivity contribution is 0.146. The van der Waals surface area contributed by atoms with E-state index in [1.165, 1.54) is 50.8 Å². The second-order valence-corrected chi connectivity index (χ2v) is 4.93. The summed E-state index contributed by atoms with van der Waals surface area (Å²) in [6, 6.07) is 0. The molecule has 1 saturated carbocycles. The summed E-state index contributed by atoms with van der Waals surface area (Å²) in [5.41, 5.74) is 2.02. The molecule has 2 aliphatic rings. The van der Waals surface area contributed by atoms with Gasteiger partial charge in [-0.2, -0.15) is 0 Å². The van der Waals surface area contributed by atoms with Gasteiger partial charge in [0.2, 0.25) is 0 Å². The van der Waals surface area contributed by atoms with Crippen LogP contribution in [0.15, 0.2) is 12.2 Å². The van der Waals surface area contributed by atoms with Crippen molar-refractivity contribution in [2.24, 2.45) is 11.3 Å². The van der Waals surface area contributed by atoms with Gasteiger partial charge in [-0.25, -0.2) is 0 Å². The third-order valence-electron chi connectivity index (χ3n) is 4.02. The molecule has 1 atom stereocenters. The first kappa shape index (κ1) is 9.26. The normalized spacial score (nSPS) is 32.2. The Kier molecular flexibility index (Phi) is 2.46. The number of hydrogen-bond acceptors (Lipinski definition) is 1. The molecule has 0 bridgehead atoms. The lowest BCUT2D eigenvalue weighted by Crippen LogP contribution is -2.45. The molecule has 1 nitrogen and oxygen atoms in total. The van der Waals surface area contributed by atoms with E-state index in [0.29, 0.717) is 5.41 Å². The second-order valence-electron chi connectivity index (χ2n) is 4.93. The quantitative estimate of drug-likeness (QED) is 0.610. The Bertz CT molecular complexity index is 201. The van der Waals surface area contributed by atoms with E-state index < -0.39 is 0 Å². The molecule has 0 aromatic carbocycles. The SMILES string of the molecule is C=C(C)C1CCNCC12CCCC2. The number of nitrogens with one attached hydrogen (secondary N) is 1. The third-order valence-corrected chi connectivity index (χ3v) is 4.02. The molecule has 0 aromatic heterocycles. The van der Waals surface area contributed by atoms with E-state index in [1.54, 1.807) is 0 Å². The first-order chi connectivity index (χ1) is 6.25. The maximum Gasteiger partial charge on any atom is 0.00136 e. The van der Waals surface area contributed by atoms with Gasteiger partial charge < -0.3 is 5.32 Å². The molecular formula is C12H21N. The Balaban J connectivity index is 2.16. The van der Waals surface area contributed by atoms with Crippen molar-refractivity contribution in [3.63, 3.8) is 0 Å². The van der Waals surface area contributed by atoms with Crippen LogP contribution in [0, 0.1) is 11.3 Å². The monoisotopic (exact) mass is 179 g/mol. The predicted molar refractivity (Wildman–Crippen MR) is 56.7 cm³/mol. The average molecular weight is 179 g/mol. The molecule has 1 saturated heterocycles. The zero-order chi connectivity index (χ0) is 9.31. The van der Waals surface area contributed by atoms with Crippen molar-refractivity contribution in [1.82, 2.24) is 5.32 Å². The van der Waals surface area contributed by atoms with E-state index in [4.69, 9.17) is 0 Å². The molecule has 0 amide bonds. The molecule has 1 aliphatic carbocycles. The van der Waals surface area contributed by atoms with Gasteiger partial charge in [-0.3, -0.25) is 0 Å². The molecular weight excluding hydrogens is 158 g/mol. The molecule has 2 rings (SSSR count). The Morgan fingerprint density at radius 1 is 1.38 bits per heavy atom. The number of piperidine rings is 1. The second kappa shape index (κ2) is 3.45. The van der Waals surface area contributed by atoms with Gasteiger partial charge in [-0.1, -0.05) is 25.0 Å². The average Bonchev–Trinajstić information content (AvgIpc) is 2.54. The summed E-state index contributed by atoms with van der Waals surface area (Å²) in [6.07, 6.45) is 7.04. The molecule has 1 heteroatoms. The summed E-state index contributed by atoms with van der Waals surface area (Å²) in [5.74, 6) is 0.802. The van der Waals surface area contributed by atoms with Crippen LogP contribution < -0.4 is 5.32 Å². The van der Waals surface area contributed by atoms with Crippen molar-refractivity contribution < 1.29 is 0 Å². The Morgan fingerprint density at radius 3 is 2.69 bits per heavy atom. The Labute approximate surface area is 81.6 Å². The standard InChI is InChI=1S/C12H21N/c1-10(2)11-5-8-13-9-12(11)6-3-4-7-12/h11,13H,1,3-9H2,2H3. The minimum absolute atomic E-state index is 0.601. The van der Waals surface area contributed by atoms with Crippen LogP contribution in [0.3, 0.4) is 0 Å². The van der Waals surface area contributed by atoms with Gasteiger partial charge in [0.25, 0.3) is 0 Å². The van der Waals surface area contributed by atoms with Gasteiger partial charge in [0.1, 0.15) is 0 Å². The smallest absolute Gasteiger partial charge is 0.00136 e. The summed E-state index contributed by atoms with van der Waals surface area (Å²) >= 11 is 0. The molecule has 1 aliphatic heterocycles. The topological polar surface area (TPSA) is 12.0 Å². The molecule has 1 unspecified atom stereocenters. The van der Waals surface area contributed by atoms with Crippen LogP contribution in [0.2, 0.25) is 0 Å². The highest BCUT2D eigenvalue weighted by Crippen LogP contribution is 2.48. The molecule has 0 aromatic rings. The van der Waals surface area contributed by atoms with E-state index in [-0.39, 0.29) is 0 Å². The van der Waals surface area contributed by atoms with Crippen LogP contribution in [0.4, 0.5) is 0 Å². The van der Waals surface area contributed by atoms with E-state index in [9.17, 15) is 0 Å². The van der Waals surface area contributed by atoms with Crippen molar-refractivity contribution in [3.05, 3.63) is 12.2 Å². The van der Waals surface area contributed by atoms with Gasteiger partial charge in [-0.15, -0.1) is 0 Å². The van der Waals surface area contributed by atoms with Gasteiger partial charge in [0.05, 0.1) is 0 Å². The zero-order valence-electron chi connectivity index (χ0n) is 8.73.